The van der Waals surface area contributed by atoms with Gasteiger partial charge in [-0.05, 0) is 0 Å². The van der Waals surface area contributed by atoms with E-state index in [1.165, 1.54) is 4.90 Å². The van der Waals surface area contributed by atoms with Gasteiger partial charge in [-0.15, -0.1) is 5.10 Å². The van der Waals surface area contributed by atoms with E-state index in [0.717, 1.165) is 0 Å². The Hall–Kier alpha value is -2.01. The van der Waals surface area contributed by atoms with Gasteiger partial charge in [-0.1, -0.05) is 0 Å². The Labute approximate surface area is 114 Å². The first-order chi connectivity index (χ1) is 9.24. The molecule has 1 aromatic rings. The number of carboxylic acids is 1. The number of hydrogen-bond acceptors (Lipinski definition) is 6. The summed E-state index contributed by atoms with van der Waals surface area (Å²) in [6.45, 7) is 0.139. The molecule has 1 atom stereocenters. The van der Waals surface area contributed by atoms with Gasteiger partial charge in [0, 0.05) is 18.9 Å². The van der Waals surface area contributed by atoms with Crippen molar-refractivity contribution in [2.24, 2.45) is 11.1 Å². The van der Waals surface area contributed by atoms with Crippen LogP contribution in [0, 0.1) is 5.92 Å². The van der Waals surface area contributed by atoms with Crippen molar-refractivity contribution in [2.45, 2.75) is 12.8 Å². The lowest BCUT2D eigenvalue weighted by molar-refractivity contribution is -0.136. The molecule has 1 fully saturated rings. The predicted octanol–water partition coefficient (Wildman–Crippen LogP) is -1.93. The van der Waals surface area contributed by atoms with Gasteiger partial charge >= 0.3 is 5.97 Å². The minimum Gasteiger partial charge on any atom is -0.481 e. The highest BCUT2D eigenvalue weighted by atomic mass is 32.2. The van der Waals surface area contributed by atoms with Crippen LogP contribution in [0.15, 0.2) is 0 Å². The number of H-pyrrole nitrogens is 1. The van der Waals surface area contributed by atoms with Gasteiger partial charge in [0.1, 0.15) is 12.2 Å². The number of aromatic amines is 1. The third-order valence-corrected chi connectivity index (χ3v) is 3.69. The van der Waals surface area contributed by atoms with E-state index in [-0.39, 0.29) is 42.8 Å². The van der Waals surface area contributed by atoms with Crippen LogP contribution in [0.4, 0.5) is 5.95 Å². The summed E-state index contributed by atoms with van der Waals surface area (Å²) in [5.41, 5.74) is 0. The number of nitrogens with one attached hydrogen (secondary N) is 1. The summed E-state index contributed by atoms with van der Waals surface area (Å²) in [6, 6.07) is 0. The molecule has 10 nitrogen and oxygen atoms in total. The van der Waals surface area contributed by atoms with E-state index >= 15 is 0 Å². The third-order valence-electron chi connectivity index (χ3n) is 2.75. The second-order valence-electron chi connectivity index (χ2n) is 4.56. The number of carboxylic acid groups (broad SMARTS) is 1. The minimum atomic E-state index is -3.65. The Kier molecular flexibility index (Phi) is 3.72. The average molecular weight is 303 g/mol. The van der Waals surface area contributed by atoms with E-state index in [2.05, 4.69) is 15.2 Å². The molecule has 11 heteroatoms. The topological polar surface area (TPSA) is 159 Å². The quantitative estimate of drug-likeness (QED) is 0.571. The second kappa shape index (κ2) is 5.17. The molecule has 0 saturated carbocycles. The Morgan fingerprint density at radius 2 is 2.25 bits per heavy atom. The lowest BCUT2D eigenvalue weighted by Crippen LogP contribution is -2.28. The van der Waals surface area contributed by atoms with Crippen LogP contribution in [0.1, 0.15) is 12.2 Å². The van der Waals surface area contributed by atoms with Crippen LogP contribution in [0.5, 0.6) is 0 Å². The molecule has 20 heavy (non-hydrogen) atoms. The molecule has 0 aliphatic carbocycles. The molecule has 0 radical (unpaired) electrons. The van der Waals surface area contributed by atoms with E-state index in [1.807, 2.05) is 0 Å². The third kappa shape index (κ3) is 3.51. The van der Waals surface area contributed by atoms with Crippen LogP contribution in [0.25, 0.3) is 0 Å². The van der Waals surface area contributed by atoms with Gasteiger partial charge in [-0.2, -0.15) is 4.98 Å². The number of anilines is 1. The molecular weight excluding hydrogens is 290 g/mol. The smallest absolute Gasteiger partial charge is 0.311 e. The number of amides is 1. The maximum atomic E-state index is 11.8. The molecule has 0 spiro atoms. The molecule has 1 amide bonds. The predicted molar refractivity (Wildman–Crippen MR) is 66.2 cm³/mol. The van der Waals surface area contributed by atoms with E-state index in [4.69, 9.17) is 10.2 Å². The molecule has 1 unspecified atom stereocenters. The number of carbonyl (C=O) groups is 2. The number of nitrogens with zero attached hydrogens (tertiary/aromatic N) is 3. The monoisotopic (exact) mass is 303 g/mol. The van der Waals surface area contributed by atoms with E-state index in [0.29, 0.717) is 0 Å². The van der Waals surface area contributed by atoms with Crippen molar-refractivity contribution >= 4 is 27.8 Å². The molecular formula is C9H13N5O5S. The van der Waals surface area contributed by atoms with Crippen molar-refractivity contribution in [2.75, 3.05) is 17.2 Å². The van der Waals surface area contributed by atoms with Crippen molar-refractivity contribution in [1.82, 2.24) is 15.2 Å². The van der Waals surface area contributed by atoms with Crippen LogP contribution < -0.4 is 10.0 Å². The fourth-order valence-electron chi connectivity index (χ4n) is 2.04. The molecule has 2 heterocycles. The SMILES string of the molecule is NS(=O)(=O)CC1CC(=O)N(c2n[nH]c(CC(=O)O)n2)C1. The number of aliphatic carboxylic acids is 1. The van der Waals surface area contributed by atoms with Crippen LogP contribution in [0.2, 0.25) is 0 Å². The number of hydrogen-bond donors (Lipinski definition) is 3. The van der Waals surface area contributed by atoms with Gasteiger partial charge in [0.2, 0.25) is 15.9 Å². The fraction of sp³-hybridized carbons (Fsp3) is 0.556. The first-order valence-corrected chi connectivity index (χ1v) is 7.40. The van der Waals surface area contributed by atoms with E-state index in [9.17, 15) is 18.0 Å². The van der Waals surface area contributed by atoms with Gasteiger partial charge in [0.05, 0.1) is 5.75 Å². The maximum absolute atomic E-state index is 11.8. The average Bonchev–Trinajstić information content (AvgIpc) is 2.82. The molecule has 1 aliphatic heterocycles. The van der Waals surface area contributed by atoms with Crippen molar-refractivity contribution in [3.63, 3.8) is 0 Å². The Bertz CT molecular complexity index is 639. The normalized spacial score (nSPS) is 19.6. The molecule has 110 valence electrons. The molecule has 2 rings (SSSR count). The largest absolute Gasteiger partial charge is 0.481 e. The first-order valence-electron chi connectivity index (χ1n) is 5.68. The zero-order chi connectivity index (χ0) is 14.9. The summed E-state index contributed by atoms with van der Waals surface area (Å²) in [4.78, 5) is 27.4. The molecule has 1 aliphatic rings. The van der Waals surface area contributed by atoms with Gasteiger partial charge in [-0.25, -0.2) is 13.6 Å². The number of carbonyl (C=O) groups excluding carboxylic acids is 1. The molecule has 4 N–H and O–H groups in total. The van der Waals surface area contributed by atoms with Crippen molar-refractivity contribution in [3.8, 4) is 0 Å². The summed E-state index contributed by atoms with van der Waals surface area (Å²) in [5.74, 6) is -1.94. The highest BCUT2D eigenvalue weighted by Crippen LogP contribution is 2.22. The van der Waals surface area contributed by atoms with E-state index < -0.39 is 21.9 Å². The standard InChI is InChI=1S/C9H13N5O5S/c10-20(18,19)4-5-1-7(15)14(3-5)9-11-6(12-13-9)2-8(16)17/h5H,1-4H2,(H,16,17)(H2,10,18,19)(H,11,12,13). The highest BCUT2D eigenvalue weighted by Gasteiger charge is 2.34. The fourth-order valence-corrected chi connectivity index (χ4v) is 2.92. The summed E-state index contributed by atoms with van der Waals surface area (Å²) in [7, 11) is -3.65. The number of nitrogens with two attached hydrogens (primary N) is 1. The number of sulfonamides is 1. The Morgan fingerprint density at radius 3 is 2.85 bits per heavy atom. The van der Waals surface area contributed by atoms with Crippen LogP contribution in [-0.4, -0.2) is 52.9 Å². The summed E-state index contributed by atoms with van der Waals surface area (Å²) in [6.07, 6.45) is -0.297. The minimum absolute atomic E-state index is 0.0409. The molecule has 1 saturated heterocycles. The van der Waals surface area contributed by atoms with Crippen LogP contribution in [0.3, 0.4) is 0 Å². The van der Waals surface area contributed by atoms with Gasteiger partial charge in [-0.3, -0.25) is 19.6 Å². The Balaban J connectivity index is 2.08. The second-order valence-corrected chi connectivity index (χ2v) is 6.22. The van der Waals surface area contributed by atoms with Crippen LogP contribution >= 0.6 is 0 Å². The lowest BCUT2D eigenvalue weighted by Gasteiger charge is -2.11. The van der Waals surface area contributed by atoms with Gasteiger partial charge in [0.25, 0.3) is 5.95 Å². The molecule has 0 bridgehead atoms. The van der Waals surface area contributed by atoms with Crippen LogP contribution in [-0.2, 0) is 26.0 Å². The van der Waals surface area contributed by atoms with Crippen molar-refractivity contribution in [3.05, 3.63) is 5.82 Å². The number of primary sulfonamides is 1. The summed E-state index contributed by atoms with van der Waals surface area (Å²) < 4.78 is 22.0. The highest BCUT2D eigenvalue weighted by molar-refractivity contribution is 7.89. The van der Waals surface area contributed by atoms with Crippen molar-refractivity contribution in [1.29, 1.82) is 0 Å². The molecule has 1 aromatic heterocycles. The van der Waals surface area contributed by atoms with E-state index in [1.54, 1.807) is 0 Å². The molecule has 0 aromatic carbocycles. The maximum Gasteiger partial charge on any atom is 0.311 e. The van der Waals surface area contributed by atoms with Gasteiger partial charge < -0.3 is 5.11 Å². The Morgan fingerprint density at radius 1 is 1.55 bits per heavy atom. The summed E-state index contributed by atoms with van der Waals surface area (Å²) in [5, 5.41) is 19.7. The number of rotatable bonds is 5. The lowest BCUT2D eigenvalue weighted by atomic mass is 10.1. The first kappa shape index (κ1) is 14.4. The zero-order valence-electron chi connectivity index (χ0n) is 10.3. The zero-order valence-corrected chi connectivity index (χ0v) is 11.1. The van der Waals surface area contributed by atoms with Gasteiger partial charge in [0.15, 0.2) is 0 Å². The number of aromatic nitrogens is 3. The summed E-state index contributed by atoms with van der Waals surface area (Å²) >= 11 is 0. The van der Waals surface area contributed by atoms with Crippen molar-refractivity contribution < 1.29 is 23.1 Å².